The van der Waals surface area contributed by atoms with Crippen LogP contribution in [0.4, 0.5) is 0 Å². The molecule has 0 radical (unpaired) electrons. The van der Waals surface area contributed by atoms with Crippen molar-refractivity contribution in [2.45, 2.75) is 0 Å². The van der Waals surface area contributed by atoms with Gasteiger partial charge in [0.2, 0.25) is 0 Å². The third kappa shape index (κ3) is 2.67. The highest BCUT2D eigenvalue weighted by Gasteiger charge is 2.20. The zero-order valence-electron chi connectivity index (χ0n) is 12.9. The van der Waals surface area contributed by atoms with Crippen molar-refractivity contribution in [1.82, 2.24) is 0 Å². The predicted molar refractivity (Wildman–Crippen MR) is 90.5 cm³/mol. The number of hydrogen-bond donors (Lipinski definition) is 4. The molecule has 0 heterocycles. The minimum absolute atomic E-state index is 0.0883. The first-order valence-corrected chi connectivity index (χ1v) is 7.23. The van der Waals surface area contributed by atoms with Gasteiger partial charge in [-0.15, -0.1) is 0 Å². The zero-order valence-corrected chi connectivity index (χ0v) is 12.9. The van der Waals surface area contributed by atoms with Crippen LogP contribution in [0.1, 0.15) is 0 Å². The Bertz CT molecular complexity index is 868. The molecule has 0 aliphatic heterocycles. The fourth-order valence-electron chi connectivity index (χ4n) is 2.61. The van der Waals surface area contributed by atoms with Gasteiger partial charge in [0.1, 0.15) is 17.2 Å². The van der Waals surface area contributed by atoms with Gasteiger partial charge in [0, 0.05) is 5.56 Å². The Kier molecular flexibility index (Phi) is 3.92. The Morgan fingerprint density at radius 2 is 1.21 bits per heavy atom. The molecular weight excluding hydrogens is 308 g/mol. The van der Waals surface area contributed by atoms with E-state index in [-0.39, 0.29) is 34.3 Å². The van der Waals surface area contributed by atoms with E-state index in [1.807, 2.05) is 0 Å². The molecule has 122 valence electrons. The average Bonchev–Trinajstić information content (AvgIpc) is 2.57. The van der Waals surface area contributed by atoms with Crippen LogP contribution >= 0.6 is 0 Å². The lowest BCUT2D eigenvalue weighted by atomic mass is 9.96. The van der Waals surface area contributed by atoms with Crippen LogP contribution in [0, 0.1) is 0 Å². The molecule has 0 bridgehead atoms. The van der Waals surface area contributed by atoms with E-state index in [9.17, 15) is 20.4 Å². The first-order chi connectivity index (χ1) is 11.5. The zero-order chi connectivity index (χ0) is 17.3. The van der Waals surface area contributed by atoms with Crippen molar-refractivity contribution < 1.29 is 25.2 Å². The van der Waals surface area contributed by atoms with Crippen LogP contribution in [0.15, 0.2) is 54.6 Å². The van der Waals surface area contributed by atoms with Crippen LogP contribution in [0.2, 0.25) is 0 Å². The van der Waals surface area contributed by atoms with Gasteiger partial charge in [-0.3, -0.25) is 0 Å². The molecule has 3 rings (SSSR count). The molecule has 0 amide bonds. The summed E-state index contributed by atoms with van der Waals surface area (Å²) in [5, 5.41) is 39.8. The Morgan fingerprint density at radius 1 is 0.708 bits per heavy atom. The maximum Gasteiger partial charge on any atom is 0.170 e. The largest absolute Gasteiger partial charge is 0.508 e. The van der Waals surface area contributed by atoms with Crippen LogP contribution in [-0.2, 0) is 0 Å². The van der Waals surface area contributed by atoms with Crippen LogP contribution in [0.25, 0.3) is 22.3 Å². The maximum atomic E-state index is 10.6. The predicted octanol–water partition coefficient (Wildman–Crippen LogP) is 3.85. The second-order valence-corrected chi connectivity index (χ2v) is 5.29. The summed E-state index contributed by atoms with van der Waals surface area (Å²) in [6.07, 6.45) is 0. The second-order valence-electron chi connectivity index (χ2n) is 5.29. The highest BCUT2D eigenvalue weighted by molar-refractivity contribution is 5.87. The minimum atomic E-state index is -0.203. The molecule has 3 aromatic rings. The quantitative estimate of drug-likeness (QED) is 0.587. The normalized spacial score (nSPS) is 10.5. The summed E-state index contributed by atoms with van der Waals surface area (Å²) >= 11 is 0. The summed E-state index contributed by atoms with van der Waals surface area (Å²) in [4.78, 5) is 0. The van der Waals surface area contributed by atoms with E-state index >= 15 is 0 Å². The summed E-state index contributed by atoms with van der Waals surface area (Å²) in [6, 6.07) is 13.9. The van der Waals surface area contributed by atoms with Gasteiger partial charge in [-0.25, -0.2) is 0 Å². The molecule has 0 saturated carbocycles. The lowest BCUT2D eigenvalue weighted by molar-refractivity contribution is 0.372. The van der Waals surface area contributed by atoms with Gasteiger partial charge in [-0.1, -0.05) is 24.3 Å². The Balaban J connectivity index is 2.21. The molecule has 0 aliphatic rings. The molecule has 5 nitrogen and oxygen atoms in total. The first kappa shape index (κ1) is 15.6. The molecule has 0 saturated heterocycles. The monoisotopic (exact) mass is 324 g/mol. The number of hydrogen-bond acceptors (Lipinski definition) is 5. The Hall–Kier alpha value is -3.34. The van der Waals surface area contributed by atoms with Gasteiger partial charge in [0.25, 0.3) is 0 Å². The summed E-state index contributed by atoms with van der Waals surface area (Å²) in [7, 11) is 1.43. The number of rotatable bonds is 3. The van der Waals surface area contributed by atoms with Crippen molar-refractivity contribution in [2.75, 3.05) is 7.11 Å². The van der Waals surface area contributed by atoms with E-state index < -0.39 is 0 Å². The van der Waals surface area contributed by atoms with Crippen LogP contribution in [0.5, 0.6) is 28.7 Å². The van der Waals surface area contributed by atoms with Crippen LogP contribution < -0.4 is 4.74 Å². The fraction of sp³-hybridized carbons (Fsp3) is 0.0526. The Labute approximate surface area is 138 Å². The molecule has 0 aliphatic carbocycles. The Morgan fingerprint density at radius 3 is 1.71 bits per heavy atom. The van der Waals surface area contributed by atoms with Crippen molar-refractivity contribution in [3.8, 4) is 51.0 Å². The van der Waals surface area contributed by atoms with Gasteiger partial charge in [-0.2, -0.15) is 0 Å². The number of benzene rings is 3. The van der Waals surface area contributed by atoms with E-state index in [1.54, 1.807) is 24.3 Å². The second kappa shape index (κ2) is 6.04. The smallest absolute Gasteiger partial charge is 0.170 e. The number of phenols is 4. The topological polar surface area (TPSA) is 90.2 Å². The average molecular weight is 324 g/mol. The lowest BCUT2D eigenvalue weighted by Gasteiger charge is -2.16. The van der Waals surface area contributed by atoms with Crippen molar-refractivity contribution in [3.05, 3.63) is 54.6 Å². The summed E-state index contributed by atoms with van der Waals surface area (Å²) in [5.41, 5.74) is 1.93. The molecule has 24 heavy (non-hydrogen) atoms. The lowest BCUT2D eigenvalue weighted by Crippen LogP contribution is -1.92. The standard InChI is InChI=1S/C19H16O5/c1-24-19-15(11-2-6-13(20)7-3-11)10-16(22)17(18(19)23)12-4-8-14(21)9-5-12/h2-10,20-23H,1H3. The molecular formula is C19H16O5. The SMILES string of the molecule is COc1c(-c2ccc(O)cc2)cc(O)c(-c2ccc(O)cc2)c1O. The van der Waals surface area contributed by atoms with Crippen LogP contribution in [-0.4, -0.2) is 27.5 Å². The summed E-state index contributed by atoms with van der Waals surface area (Å²) < 4.78 is 5.33. The molecule has 0 spiro atoms. The molecule has 0 aromatic heterocycles. The number of ether oxygens (including phenoxy) is 1. The molecule has 3 aromatic carbocycles. The fourth-order valence-corrected chi connectivity index (χ4v) is 2.61. The minimum Gasteiger partial charge on any atom is -0.508 e. The number of methoxy groups -OCH3 is 1. The summed E-state index contributed by atoms with van der Waals surface area (Å²) in [5.74, 6) is 0.0900. The van der Waals surface area contributed by atoms with E-state index in [0.717, 1.165) is 0 Å². The van der Waals surface area contributed by atoms with E-state index in [4.69, 9.17) is 4.74 Å². The first-order valence-electron chi connectivity index (χ1n) is 7.23. The van der Waals surface area contributed by atoms with Crippen molar-refractivity contribution >= 4 is 0 Å². The molecule has 5 heteroatoms. The van der Waals surface area contributed by atoms with Gasteiger partial charge in [0.05, 0.1) is 12.7 Å². The van der Waals surface area contributed by atoms with E-state index in [1.165, 1.54) is 37.4 Å². The highest BCUT2D eigenvalue weighted by atomic mass is 16.5. The van der Waals surface area contributed by atoms with E-state index in [2.05, 4.69) is 0 Å². The summed E-state index contributed by atoms with van der Waals surface area (Å²) in [6.45, 7) is 0. The maximum absolute atomic E-state index is 10.6. The van der Waals surface area contributed by atoms with Crippen molar-refractivity contribution in [2.24, 2.45) is 0 Å². The van der Waals surface area contributed by atoms with Gasteiger partial charge >= 0.3 is 0 Å². The van der Waals surface area contributed by atoms with Gasteiger partial charge in [0.15, 0.2) is 11.5 Å². The highest BCUT2D eigenvalue weighted by Crippen LogP contribution is 2.49. The van der Waals surface area contributed by atoms with Crippen molar-refractivity contribution in [1.29, 1.82) is 0 Å². The number of phenolic OH excluding ortho intramolecular Hbond substituents is 4. The number of aromatic hydroxyl groups is 4. The molecule has 0 fully saturated rings. The van der Waals surface area contributed by atoms with Crippen molar-refractivity contribution in [3.63, 3.8) is 0 Å². The third-order valence-corrected chi connectivity index (χ3v) is 3.77. The molecule has 0 atom stereocenters. The van der Waals surface area contributed by atoms with Gasteiger partial charge < -0.3 is 25.2 Å². The third-order valence-electron chi connectivity index (χ3n) is 3.77. The van der Waals surface area contributed by atoms with Gasteiger partial charge in [-0.05, 0) is 41.5 Å². The molecule has 4 N–H and O–H groups in total. The van der Waals surface area contributed by atoms with Crippen LogP contribution in [0.3, 0.4) is 0 Å². The van der Waals surface area contributed by atoms with E-state index in [0.29, 0.717) is 16.7 Å². The molecule has 0 unspecified atom stereocenters.